The molecule has 0 unspecified atom stereocenters. The lowest BCUT2D eigenvalue weighted by atomic mass is 10.2. The predicted molar refractivity (Wildman–Crippen MR) is 33.8 cm³/mol. The van der Waals surface area contributed by atoms with Crippen LogP contribution < -0.4 is 0 Å². The third kappa shape index (κ3) is 1.21. The molecule has 0 saturated carbocycles. The van der Waals surface area contributed by atoms with Crippen LogP contribution in [0.2, 0.25) is 0 Å². The Hall–Kier alpha value is -1.19. The van der Waals surface area contributed by atoms with Gasteiger partial charge in [0.1, 0.15) is 0 Å². The number of hydrogen-bond acceptors (Lipinski definition) is 4. The van der Waals surface area contributed by atoms with Crippen LogP contribution in [0.15, 0.2) is 4.52 Å². The Kier molecular flexibility index (Phi) is 1.80. The fraction of sp³-hybridized carbons (Fsp3) is 0.500. The number of aromatic nitrogens is 2. The number of nitrogens with zero attached hydrogens (tertiary/aromatic N) is 2. The lowest BCUT2D eigenvalue weighted by molar-refractivity contribution is 0.108. The minimum absolute atomic E-state index is 0.0451. The molecule has 0 saturated heterocycles. The Labute approximate surface area is 58.2 Å². The first-order valence-corrected chi connectivity index (χ1v) is 3.03. The quantitative estimate of drug-likeness (QED) is 0.575. The second kappa shape index (κ2) is 2.60. The third-order valence-electron chi connectivity index (χ3n) is 1.07. The summed E-state index contributed by atoms with van der Waals surface area (Å²) in [7, 11) is 0. The van der Waals surface area contributed by atoms with Crippen molar-refractivity contribution in [1.82, 2.24) is 10.1 Å². The van der Waals surface area contributed by atoms with Crippen LogP contribution in [0.5, 0.6) is 0 Å². The molecular formula is C6H8N2O2. The normalized spacial score (nSPS) is 10.3. The number of hydrogen-bond donors (Lipinski definition) is 0. The summed E-state index contributed by atoms with van der Waals surface area (Å²) in [4.78, 5) is 13.8. The molecule has 0 bridgehead atoms. The average molecular weight is 140 g/mol. The van der Waals surface area contributed by atoms with Crippen molar-refractivity contribution in [2.75, 3.05) is 0 Å². The highest BCUT2D eigenvalue weighted by Gasteiger charge is 2.07. The van der Waals surface area contributed by atoms with Gasteiger partial charge in [0, 0.05) is 5.92 Å². The highest BCUT2D eigenvalue weighted by molar-refractivity contribution is 5.66. The Bertz CT molecular complexity index is 229. The van der Waals surface area contributed by atoms with Gasteiger partial charge in [-0.1, -0.05) is 19.0 Å². The van der Waals surface area contributed by atoms with E-state index >= 15 is 0 Å². The summed E-state index contributed by atoms with van der Waals surface area (Å²) >= 11 is 0. The van der Waals surface area contributed by atoms with Crippen LogP contribution in [-0.4, -0.2) is 16.4 Å². The molecule has 54 valence electrons. The van der Waals surface area contributed by atoms with E-state index in [0.717, 1.165) is 0 Å². The van der Waals surface area contributed by atoms with E-state index in [4.69, 9.17) is 0 Å². The molecule has 4 nitrogen and oxygen atoms in total. The lowest BCUT2D eigenvalue weighted by Gasteiger charge is -1.90. The highest BCUT2D eigenvalue weighted by atomic mass is 16.5. The maximum Gasteiger partial charge on any atom is 0.290 e. The summed E-state index contributed by atoms with van der Waals surface area (Å²) in [5.41, 5.74) is 0. The first-order chi connectivity index (χ1) is 4.74. The summed E-state index contributed by atoms with van der Waals surface area (Å²) < 4.78 is 4.55. The highest BCUT2D eigenvalue weighted by Crippen LogP contribution is 2.07. The van der Waals surface area contributed by atoms with Crippen LogP contribution >= 0.6 is 0 Å². The van der Waals surface area contributed by atoms with Crippen molar-refractivity contribution in [3.63, 3.8) is 0 Å². The summed E-state index contributed by atoms with van der Waals surface area (Å²) in [6.45, 7) is 3.86. The van der Waals surface area contributed by atoms with Crippen LogP contribution in [0.3, 0.4) is 0 Å². The molecule has 0 amide bonds. The molecule has 0 spiro atoms. The van der Waals surface area contributed by atoms with Crippen LogP contribution in [-0.2, 0) is 0 Å². The van der Waals surface area contributed by atoms with Crippen molar-refractivity contribution in [1.29, 1.82) is 0 Å². The van der Waals surface area contributed by atoms with Crippen molar-refractivity contribution in [3.05, 3.63) is 11.7 Å². The van der Waals surface area contributed by atoms with E-state index in [0.29, 0.717) is 12.1 Å². The largest absolute Gasteiger partial charge is 0.331 e. The van der Waals surface area contributed by atoms with Gasteiger partial charge in [-0.3, -0.25) is 4.79 Å². The average Bonchev–Trinajstić information content (AvgIpc) is 2.34. The van der Waals surface area contributed by atoms with E-state index in [-0.39, 0.29) is 11.8 Å². The van der Waals surface area contributed by atoms with Gasteiger partial charge in [-0.05, 0) is 0 Å². The zero-order valence-corrected chi connectivity index (χ0v) is 5.87. The monoisotopic (exact) mass is 140 g/mol. The molecule has 0 atom stereocenters. The van der Waals surface area contributed by atoms with Crippen LogP contribution in [0.4, 0.5) is 0 Å². The first-order valence-electron chi connectivity index (χ1n) is 3.03. The summed E-state index contributed by atoms with van der Waals surface area (Å²) in [5.74, 6) is 0.822. The van der Waals surface area contributed by atoms with Crippen LogP contribution in [0.1, 0.15) is 36.3 Å². The fourth-order valence-corrected chi connectivity index (χ4v) is 0.530. The summed E-state index contributed by atoms with van der Waals surface area (Å²) in [6, 6.07) is 0. The molecular weight excluding hydrogens is 132 g/mol. The summed E-state index contributed by atoms with van der Waals surface area (Å²) in [5, 5.41) is 3.57. The Balaban J connectivity index is 2.88. The zero-order chi connectivity index (χ0) is 7.56. The zero-order valence-electron chi connectivity index (χ0n) is 5.87. The van der Waals surface area contributed by atoms with Crippen LogP contribution in [0.25, 0.3) is 0 Å². The molecule has 4 heteroatoms. The van der Waals surface area contributed by atoms with E-state index < -0.39 is 0 Å². The minimum Gasteiger partial charge on any atom is -0.331 e. The molecule has 0 aliphatic rings. The van der Waals surface area contributed by atoms with Crippen LogP contribution in [0, 0.1) is 0 Å². The van der Waals surface area contributed by atoms with E-state index in [1.807, 2.05) is 13.8 Å². The maximum atomic E-state index is 10.0. The van der Waals surface area contributed by atoms with Crippen molar-refractivity contribution in [3.8, 4) is 0 Å². The Morgan fingerprint density at radius 3 is 2.60 bits per heavy atom. The van der Waals surface area contributed by atoms with E-state index in [1.165, 1.54) is 0 Å². The van der Waals surface area contributed by atoms with E-state index in [1.54, 1.807) is 0 Å². The number of aldehydes is 1. The topological polar surface area (TPSA) is 56.0 Å². The molecule has 1 aromatic heterocycles. The van der Waals surface area contributed by atoms with Gasteiger partial charge in [0.2, 0.25) is 6.29 Å². The van der Waals surface area contributed by atoms with Gasteiger partial charge < -0.3 is 4.52 Å². The van der Waals surface area contributed by atoms with Crippen molar-refractivity contribution < 1.29 is 9.32 Å². The van der Waals surface area contributed by atoms with Gasteiger partial charge in [0.25, 0.3) is 5.89 Å². The Morgan fingerprint density at radius 2 is 2.30 bits per heavy atom. The second-order valence-corrected chi connectivity index (χ2v) is 2.26. The van der Waals surface area contributed by atoms with Gasteiger partial charge in [-0.15, -0.1) is 0 Å². The van der Waals surface area contributed by atoms with Crippen molar-refractivity contribution >= 4 is 6.29 Å². The predicted octanol–water partition coefficient (Wildman–Crippen LogP) is 1.01. The fourth-order valence-electron chi connectivity index (χ4n) is 0.530. The number of carbonyl (C=O) groups is 1. The molecule has 0 aliphatic carbocycles. The smallest absolute Gasteiger partial charge is 0.290 e. The minimum atomic E-state index is 0.0451. The molecule has 1 heterocycles. The van der Waals surface area contributed by atoms with Crippen molar-refractivity contribution in [2.24, 2.45) is 0 Å². The number of carbonyl (C=O) groups excluding carboxylic acids is 1. The van der Waals surface area contributed by atoms with Gasteiger partial charge >= 0.3 is 0 Å². The van der Waals surface area contributed by atoms with E-state index in [9.17, 15) is 4.79 Å². The molecule has 0 aliphatic heterocycles. The van der Waals surface area contributed by atoms with Gasteiger partial charge in [-0.25, -0.2) is 0 Å². The molecule has 0 aromatic carbocycles. The van der Waals surface area contributed by atoms with Gasteiger partial charge in [0.15, 0.2) is 5.82 Å². The molecule has 0 fully saturated rings. The SMILES string of the molecule is CC(C)c1noc(C=O)n1. The second-order valence-electron chi connectivity index (χ2n) is 2.26. The standard InChI is InChI=1S/C6H8N2O2/c1-4(2)6-7-5(3-9)10-8-6/h3-4H,1-2H3. The summed E-state index contributed by atoms with van der Waals surface area (Å²) in [6.07, 6.45) is 0.541. The maximum absolute atomic E-state index is 10.0. The molecule has 1 aromatic rings. The molecule has 0 radical (unpaired) electrons. The molecule has 10 heavy (non-hydrogen) atoms. The lowest BCUT2D eigenvalue weighted by Crippen LogP contribution is -1.89. The van der Waals surface area contributed by atoms with Gasteiger partial charge in [-0.2, -0.15) is 4.98 Å². The van der Waals surface area contributed by atoms with Crippen molar-refractivity contribution in [2.45, 2.75) is 19.8 Å². The molecule has 0 N–H and O–H groups in total. The van der Waals surface area contributed by atoms with Gasteiger partial charge in [0.05, 0.1) is 0 Å². The third-order valence-corrected chi connectivity index (χ3v) is 1.07. The number of rotatable bonds is 2. The first kappa shape index (κ1) is 6.92. The van der Waals surface area contributed by atoms with E-state index in [2.05, 4.69) is 14.7 Å². The molecule has 1 rings (SSSR count). The Morgan fingerprint density at radius 1 is 1.60 bits per heavy atom.